The van der Waals surface area contributed by atoms with E-state index in [1.165, 1.54) is 0 Å². The molecule has 17 heavy (non-hydrogen) atoms. The monoisotopic (exact) mass is 234 g/mol. The van der Waals surface area contributed by atoms with Crippen molar-refractivity contribution in [3.05, 3.63) is 23.9 Å². The van der Waals surface area contributed by atoms with Crippen LogP contribution in [0.3, 0.4) is 0 Å². The summed E-state index contributed by atoms with van der Waals surface area (Å²) in [6.07, 6.45) is 1.88. The highest BCUT2D eigenvalue weighted by Gasteiger charge is 2.19. The predicted octanol–water partition coefficient (Wildman–Crippen LogP) is 1.07. The molecule has 0 aliphatic carbocycles. The fraction of sp³-hybridized carbons (Fsp3) is 0.615. The molecule has 94 valence electrons. The van der Waals surface area contributed by atoms with E-state index >= 15 is 0 Å². The first-order valence-corrected chi connectivity index (χ1v) is 6.34. The second-order valence-electron chi connectivity index (χ2n) is 4.85. The maximum absolute atomic E-state index is 5.57. The van der Waals surface area contributed by atoms with E-state index in [-0.39, 0.29) is 0 Å². The smallest absolute Gasteiger partial charge is 0.128 e. The molecule has 0 atom stereocenters. The molecule has 4 nitrogen and oxygen atoms in total. The molecule has 4 heteroatoms. The minimum absolute atomic E-state index is 0.564. The quantitative estimate of drug-likeness (QED) is 0.850. The van der Waals surface area contributed by atoms with Crippen LogP contribution in [-0.2, 0) is 6.54 Å². The van der Waals surface area contributed by atoms with Crippen molar-refractivity contribution >= 4 is 5.82 Å². The van der Waals surface area contributed by atoms with E-state index in [1.807, 2.05) is 6.20 Å². The Morgan fingerprint density at radius 1 is 1.24 bits per heavy atom. The van der Waals surface area contributed by atoms with E-state index in [1.54, 1.807) is 0 Å². The zero-order chi connectivity index (χ0) is 12.3. The van der Waals surface area contributed by atoms with Gasteiger partial charge in [-0.05, 0) is 25.5 Å². The molecule has 0 aromatic carbocycles. The Balaban J connectivity index is 1.95. The van der Waals surface area contributed by atoms with Gasteiger partial charge in [0, 0.05) is 45.0 Å². The van der Waals surface area contributed by atoms with Crippen LogP contribution in [0.4, 0.5) is 5.82 Å². The summed E-state index contributed by atoms with van der Waals surface area (Å²) in [6, 6.07) is 4.79. The second-order valence-corrected chi connectivity index (χ2v) is 4.85. The van der Waals surface area contributed by atoms with E-state index in [0.29, 0.717) is 12.6 Å². The molecule has 2 heterocycles. The number of anilines is 1. The summed E-state index contributed by atoms with van der Waals surface area (Å²) in [4.78, 5) is 9.32. The van der Waals surface area contributed by atoms with Gasteiger partial charge in [-0.15, -0.1) is 0 Å². The first-order valence-electron chi connectivity index (χ1n) is 6.34. The van der Waals surface area contributed by atoms with Gasteiger partial charge in [-0.3, -0.25) is 4.90 Å². The fourth-order valence-corrected chi connectivity index (χ4v) is 2.19. The molecule has 0 spiro atoms. The highest BCUT2D eigenvalue weighted by atomic mass is 15.3. The van der Waals surface area contributed by atoms with Crippen LogP contribution in [0.5, 0.6) is 0 Å². The van der Waals surface area contributed by atoms with Gasteiger partial charge in [-0.2, -0.15) is 0 Å². The molecule has 0 bridgehead atoms. The summed E-state index contributed by atoms with van der Waals surface area (Å²) in [5.41, 5.74) is 6.66. The average Bonchev–Trinajstić information content (AvgIpc) is 2.39. The Morgan fingerprint density at radius 3 is 2.41 bits per heavy atom. The molecular weight excluding hydrogens is 212 g/mol. The van der Waals surface area contributed by atoms with Crippen molar-refractivity contribution in [3.8, 4) is 0 Å². The van der Waals surface area contributed by atoms with Gasteiger partial charge in [-0.1, -0.05) is 6.07 Å². The zero-order valence-corrected chi connectivity index (χ0v) is 10.8. The maximum atomic E-state index is 5.57. The van der Waals surface area contributed by atoms with Crippen LogP contribution in [-0.4, -0.2) is 42.1 Å². The first kappa shape index (κ1) is 12.3. The lowest BCUT2D eigenvalue weighted by Crippen LogP contribution is -2.49. The summed E-state index contributed by atoms with van der Waals surface area (Å²) >= 11 is 0. The van der Waals surface area contributed by atoms with Crippen LogP contribution in [0.15, 0.2) is 18.3 Å². The van der Waals surface area contributed by atoms with Crippen LogP contribution >= 0.6 is 0 Å². The predicted molar refractivity (Wildman–Crippen MR) is 71.1 cm³/mol. The van der Waals surface area contributed by atoms with Gasteiger partial charge in [0.25, 0.3) is 0 Å². The number of aromatic nitrogens is 1. The number of piperazine rings is 1. The van der Waals surface area contributed by atoms with E-state index in [0.717, 1.165) is 37.6 Å². The molecule has 2 rings (SSSR count). The van der Waals surface area contributed by atoms with Gasteiger partial charge in [0.05, 0.1) is 0 Å². The molecule has 2 N–H and O–H groups in total. The number of pyridine rings is 1. The van der Waals surface area contributed by atoms with E-state index in [9.17, 15) is 0 Å². The van der Waals surface area contributed by atoms with Crippen molar-refractivity contribution in [1.82, 2.24) is 9.88 Å². The number of hydrogen-bond donors (Lipinski definition) is 1. The van der Waals surface area contributed by atoms with Gasteiger partial charge in [0.1, 0.15) is 5.82 Å². The zero-order valence-electron chi connectivity index (χ0n) is 10.8. The summed E-state index contributed by atoms with van der Waals surface area (Å²) in [5, 5.41) is 0. The molecule has 1 fully saturated rings. The van der Waals surface area contributed by atoms with Crippen LogP contribution < -0.4 is 10.6 Å². The van der Waals surface area contributed by atoms with Crippen molar-refractivity contribution in [3.63, 3.8) is 0 Å². The molecule has 1 saturated heterocycles. The van der Waals surface area contributed by atoms with E-state index in [2.05, 4.69) is 40.8 Å². The highest BCUT2D eigenvalue weighted by Crippen LogP contribution is 2.14. The van der Waals surface area contributed by atoms with E-state index < -0.39 is 0 Å². The summed E-state index contributed by atoms with van der Waals surface area (Å²) in [6.45, 7) is 9.44. The van der Waals surface area contributed by atoms with Crippen LogP contribution in [0.2, 0.25) is 0 Å². The molecular formula is C13H22N4. The molecule has 1 aliphatic rings. The fourth-order valence-electron chi connectivity index (χ4n) is 2.19. The largest absolute Gasteiger partial charge is 0.354 e. The molecule has 0 saturated carbocycles. The lowest BCUT2D eigenvalue weighted by molar-refractivity contribution is 0.209. The third kappa shape index (κ3) is 2.96. The minimum atomic E-state index is 0.564. The number of hydrogen-bond acceptors (Lipinski definition) is 4. The van der Waals surface area contributed by atoms with Crippen LogP contribution in [0.1, 0.15) is 19.4 Å². The first-order chi connectivity index (χ1) is 8.20. The molecule has 0 unspecified atom stereocenters. The normalized spacial score (nSPS) is 17.8. The lowest BCUT2D eigenvalue weighted by atomic mass is 10.2. The Labute approximate surface area is 103 Å². The molecule has 1 aromatic rings. The van der Waals surface area contributed by atoms with Crippen molar-refractivity contribution in [2.75, 3.05) is 31.1 Å². The average molecular weight is 234 g/mol. The van der Waals surface area contributed by atoms with Crippen molar-refractivity contribution < 1.29 is 0 Å². The Bertz CT molecular complexity index is 339. The third-order valence-electron chi connectivity index (χ3n) is 3.41. The number of nitrogens with zero attached hydrogens (tertiary/aromatic N) is 3. The van der Waals surface area contributed by atoms with Crippen LogP contribution in [0.25, 0.3) is 0 Å². The minimum Gasteiger partial charge on any atom is -0.354 e. The molecule has 0 amide bonds. The number of nitrogens with two attached hydrogens (primary N) is 1. The summed E-state index contributed by atoms with van der Waals surface area (Å²) in [7, 11) is 0. The van der Waals surface area contributed by atoms with Gasteiger partial charge in [-0.25, -0.2) is 4.98 Å². The molecule has 1 aromatic heterocycles. The highest BCUT2D eigenvalue weighted by molar-refractivity contribution is 5.39. The van der Waals surface area contributed by atoms with Gasteiger partial charge < -0.3 is 10.6 Å². The molecule has 1 aliphatic heterocycles. The van der Waals surface area contributed by atoms with Gasteiger partial charge >= 0.3 is 0 Å². The topological polar surface area (TPSA) is 45.4 Å². The maximum Gasteiger partial charge on any atom is 0.128 e. The SMILES string of the molecule is CC(C)N1CCN(c2ccc(CN)cn2)CC1. The van der Waals surface area contributed by atoms with Crippen molar-refractivity contribution in [2.45, 2.75) is 26.4 Å². The lowest BCUT2D eigenvalue weighted by Gasteiger charge is -2.37. The second kappa shape index (κ2) is 5.47. The van der Waals surface area contributed by atoms with Crippen LogP contribution in [0, 0.1) is 0 Å². The van der Waals surface area contributed by atoms with Gasteiger partial charge in [0.15, 0.2) is 0 Å². The standard InChI is InChI=1S/C13H22N4/c1-11(2)16-5-7-17(8-6-16)13-4-3-12(9-14)10-15-13/h3-4,10-11H,5-9,14H2,1-2H3. The van der Waals surface area contributed by atoms with Crippen molar-refractivity contribution in [1.29, 1.82) is 0 Å². The summed E-state index contributed by atoms with van der Waals surface area (Å²) in [5.74, 6) is 1.07. The summed E-state index contributed by atoms with van der Waals surface area (Å²) < 4.78 is 0. The van der Waals surface area contributed by atoms with E-state index in [4.69, 9.17) is 5.73 Å². The van der Waals surface area contributed by atoms with Gasteiger partial charge in [0.2, 0.25) is 0 Å². The Hall–Kier alpha value is -1.13. The Kier molecular flexibility index (Phi) is 3.97. The van der Waals surface area contributed by atoms with Crippen molar-refractivity contribution in [2.24, 2.45) is 5.73 Å². The third-order valence-corrected chi connectivity index (χ3v) is 3.41. The Morgan fingerprint density at radius 2 is 1.94 bits per heavy atom. The molecule has 0 radical (unpaired) electrons. The number of rotatable bonds is 3.